The Hall–Kier alpha value is -4.22. The first-order valence-electron chi connectivity index (χ1n) is 12.9. The lowest BCUT2D eigenvalue weighted by molar-refractivity contribution is 0.0972. The molecule has 5 aromatic rings. The zero-order valence-electron chi connectivity index (χ0n) is 21.5. The summed E-state index contributed by atoms with van der Waals surface area (Å²) in [6.07, 6.45) is 1.96. The molecule has 0 spiro atoms. The number of para-hydroxylation sites is 2. The molecule has 4 nitrogen and oxygen atoms in total. The van der Waals surface area contributed by atoms with Crippen molar-refractivity contribution in [3.63, 3.8) is 0 Å². The van der Waals surface area contributed by atoms with Crippen molar-refractivity contribution in [2.24, 2.45) is 0 Å². The number of fused-ring (bicyclic) bond motifs is 1. The van der Waals surface area contributed by atoms with Crippen LogP contribution in [0.3, 0.4) is 0 Å². The van der Waals surface area contributed by atoms with E-state index in [0.717, 1.165) is 35.0 Å². The Labute approximate surface area is 231 Å². The van der Waals surface area contributed by atoms with E-state index in [-0.39, 0.29) is 29.7 Å². The lowest BCUT2D eigenvalue weighted by atomic mass is 9.86. The highest BCUT2D eigenvalue weighted by Crippen LogP contribution is 2.40. The lowest BCUT2D eigenvalue weighted by Gasteiger charge is -2.18. The van der Waals surface area contributed by atoms with Gasteiger partial charge in [-0.3, -0.25) is 4.79 Å². The monoisotopic (exact) mass is 538 g/mol. The van der Waals surface area contributed by atoms with Crippen molar-refractivity contribution >= 4 is 34.2 Å². The summed E-state index contributed by atoms with van der Waals surface area (Å²) in [5.41, 5.74) is 5.62. The molecule has 39 heavy (non-hydrogen) atoms. The zero-order chi connectivity index (χ0) is 27.5. The number of H-pyrrole nitrogens is 1. The SMILES string of the molecule is C=C(O)c1cc(C(=O)CC(CCC)c2ccc(F)cc2)ccc1-c1c(Cl)cccc1-c1nc2ccccc2[nH]1. The molecule has 1 aromatic heterocycles. The fraction of sp³-hybridized carbons (Fsp3) is 0.152. The van der Waals surface area contributed by atoms with Crippen LogP contribution in [0.15, 0.2) is 91.5 Å². The van der Waals surface area contributed by atoms with Crippen LogP contribution >= 0.6 is 11.6 Å². The molecular formula is C33H28ClFN2O2. The highest BCUT2D eigenvalue weighted by atomic mass is 35.5. The third kappa shape index (κ3) is 5.50. The number of carbonyl (C=O) groups is 1. The van der Waals surface area contributed by atoms with Gasteiger partial charge >= 0.3 is 0 Å². The molecule has 0 amide bonds. The maximum absolute atomic E-state index is 13.5. The predicted molar refractivity (Wildman–Crippen MR) is 157 cm³/mol. The number of imidazole rings is 1. The Morgan fingerprint density at radius 1 is 1.03 bits per heavy atom. The van der Waals surface area contributed by atoms with E-state index in [9.17, 15) is 14.3 Å². The number of halogens is 2. The van der Waals surface area contributed by atoms with Crippen LogP contribution in [0.1, 0.15) is 53.6 Å². The first-order chi connectivity index (χ1) is 18.9. The number of nitrogens with one attached hydrogen (secondary N) is 1. The number of hydrogen-bond donors (Lipinski definition) is 2. The number of aliphatic hydroxyl groups excluding tert-OH is 1. The lowest BCUT2D eigenvalue weighted by Crippen LogP contribution is -2.09. The number of aromatic amines is 1. The minimum absolute atomic E-state index is 0.0354. The van der Waals surface area contributed by atoms with Gasteiger partial charge in [0, 0.05) is 33.7 Å². The molecule has 2 N–H and O–H groups in total. The Bertz CT molecular complexity index is 1640. The summed E-state index contributed by atoms with van der Waals surface area (Å²) in [5, 5.41) is 11.1. The van der Waals surface area contributed by atoms with Crippen LogP contribution in [-0.4, -0.2) is 20.9 Å². The summed E-state index contributed by atoms with van der Waals surface area (Å²) >= 11 is 6.73. The molecule has 196 valence electrons. The van der Waals surface area contributed by atoms with Crippen LogP contribution in [0.25, 0.3) is 39.3 Å². The second-order valence-electron chi connectivity index (χ2n) is 9.64. The van der Waals surface area contributed by atoms with Crippen molar-refractivity contribution in [1.29, 1.82) is 0 Å². The number of carbonyl (C=O) groups excluding carboxylic acids is 1. The molecular weight excluding hydrogens is 511 g/mol. The number of nitrogens with zero attached hydrogens (tertiary/aromatic N) is 1. The molecule has 4 aromatic carbocycles. The number of Topliss-reactive ketones (excluding diaryl/α,β-unsaturated/α-hetero) is 1. The standard InChI is InChI=1S/C33H28ClFN2O2/c1-3-7-22(21-12-15-24(35)16-13-21)19-31(39)23-14-17-25(27(18-23)20(2)38)32-26(8-6-9-28(32)34)33-36-29-10-4-5-11-30(29)37-33/h4-6,8-18,22,38H,2-3,7,19H2,1H3,(H,36,37). The molecule has 0 radical (unpaired) electrons. The van der Waals surface area contributed by atoms with E-state index in [0.29, 0.717) is 33.1 Å². The van der Waals surface area contributed by atoms with Gasteiger partial charge < -0.3 is 10.1 Å². The fourth-order valence-electron chi connectivity index (χ4n) is 5.06. The second kappa shape index (κ2) is 11.3. The molecule has 0 saturated carbocycles. The minimum atomic E-state index is -0.302. The summed E-state index contributed by atoms with van der Waals surface area (Å²) < 4.78 is 13.5. The van der Waals surface area contributed by atoms with Gasteiger partial charge in [0.05, 0.1) is 11.0 Å². The van der Waals surface area contributed by atoms with Gasteiger partial charge in [-0.25, -0.2) is 9.37 Å². The first-order valence-corrected chi connectivity index (χ1v) is 13.3. The van der Waals surface area contributed by atoms with Crippen molar-refractivity contribution in [3.8, 4) is 22.5 Å². The fourth-order valence-corrected chi connectivity index (χ4v) is 5.34. The van der Waals surface area contributed by atoms with Gasteiger partial charge in [0.15, 0.2) is 5.78 Å². The van der Waals surface area contributed by atoms with E-state index < -0.39 is 0 Å². The van der Waals surface area contributed by atoms with Crippen LogP contribution in [-0.2, 0) is 0 Å². The largest absolute Gasteiger partial charge is 0.508 e. The predicted octanol–water partition coefficient (Wildman–Crippen LogP) is 9.37. The van der Waals surface area contributed by atoms with Crippen LogP contribution in [0, 0.1) is 5.82 Å². The zero-order valence-corrected chi connectivity index (χ0v) is 22.3. The van der Waals surface area contributed by atoms with E-state index in [1.165, 1.54) is 12.1 Å². The normalized spacial score (nSPS) is 12.0. The number of aromatic nitrogens is 2. The second-order valence-corrected chi connectivity index (χ2v) is 10.0. The quantitative estimate of drug-likeness (QED) is 0.145. The molecule has 0 aliphatic rings. The van der Waals surface area contributed by atoms with Gasteiger partial charge in [-0.05, 0) is 59.9 Å². The van der Waals surface area contributed by atoms with Gasteiger partial charge in [-0.2, -0.15) is 0 Å². The van der Waals surface area contributed by atoms with Gasteiger partial charge in [0.2, 0.25) is 0 Å². The van der Waals surface area contributed by atoms with Gasteiger partial charge in [-0.1, -0.05) is 80.1 Å². The van der Waals surface area contributed by atoms with Crippen molar-refractivity contribution in [2.75, 3.05) is 0 Å². The average molecular weight is 539 g/mol. The molecule has 0 bridgehead atoms. The highest BCUT2D eigenvalue weighted by molar-refractivity contribution is 6.34. The minimum Gasteiger partial charge on any atom is -0.508 e. The first kappa shape index (κ1) is 26.4. The number of rotatable bonds is 9. The topological polar surface area (TPSA) is 66.0 Å². The van der Waals surface area contributed by atoms with Crippen LogP contribution < -0.4 is 0 Å². The van der Waals surface area contributed by atoms with Crippen molar-refractivity contribution in [1.82, 2.24) is 9.97 Å². The number of ketones is 1. The third-order valence-electron chi connectivity index (χ3n) is 6.99. The molecule has 0 aliphatic carbocycles. The maximum Gasteiger partial charge on any atom is 0.163 e. The van der Waals surface area contributed by atoms with Crippen molar-refractivity contribution < 1.29 is 14.3 Å². The Morgan fingerprint density at radius 2 is 1.79 bits per heavy atom. The molecule has 6 heteroatoms. The van der Waals surface area contributed by atoms with E-state index in [4.69, 9.17) is 16.6 Å². The average Bonchev–Trinajstić information content (AvgIpc) is 3.37. The summed E-state index contributed by atoms with van der Waals surface area (Å²) in [5.74, 6) is 0.0720. The van der Waals surface area contributed by atoms with Crippen LogP contribution in [0.4, 0.5) is 4.39 Å². The maximum atomic E-state index is 13.5. The van der Waals surface area contributed by atoms with E-state index in [1.54, 1.807) is 36.4 Å². The Balaban J connectivity index is 1.54. The van der Waals surface area contributed by atoms with Gasteiger partial charge in [0.25, 0.3) is 0 Å². The van der Waals surface area contributed by atoms with Crippen LogP contribution in [0.2, 0.25) is 5.02 Å². The summed E-state index contributed by atoms with van der Waals surface area (Å²) in [6, 6.07) is 24.8. The Morgan fingerprint density at radius 3 is 2.51 bits per heavy atom. The molecule has 1 atom stereocenters. The number of hydrogen-bond acceptors (Lipinski definition) is 3. The molecule has 0 saturated heterocycles. The van der Waals surface area contributed by atoms with Crippen LogP contribution in [0.5, 0.6) is 0 Å². The molecule has 1 heterocycles. The third-order valence-corrected chi connectivity index (χ3v) is 7.31. The Kier molecular flexibility index (Phi) is 7.62. The van der Waals surface area contributed by atoms with E-state index in [2.05, 4.69) is 18.5 Å². The molecule has 0 fully saturated rings. The molecule has 5 rings (SSSR count). The van der Waals surface area contributed by atoms with Gasteiger partial charge in [-0.15, -0.1) is 0 Å². The summed E-state index contributed by atoms with van der Waals surface area (Å²) in [7, 11) is 0. The summed E-state index contributed by atoms with van der Waals surface area (Å²) in [6.45, 7) is 5.83. The van der Waals surface area contributed by atoms with E-state index >= 15 is 0 Å². The number of benzene rings is 4. The number of aliphatic hydroxyl groups is 1. The van der Waals surface area contributed by atoms with Crippen molar-refractivity contribution in [2.45, 2.75) is 32.1 Å². The van der Waals surface area contributed by atoms with Gasteiger partial charge in [0.1, 0.15) is 17.4 Å². The smallest absolute Gasteiger partial charge is 0.163 e. The van der Waals surface area contributed by atoms with Crippen molar-refractivity contribution in [3.05, 3.63) is 119 Å². The van der Waals surface area contributed by atoms with E-state index in [1.807, 2.05) is 36.4 Å². The molecule has 0 aliphatic heterocycles. The summed E-state index contributed by atoms with van der Waals surface area (Å²) in [4.78, 5) is 21.5. The highest BCUT2D eigenvalue weighted by Gasteiger charge is 2.22. The molecule has 1 unspecified atom stereocenters.